The molecule has 0 saturated heterocycles. The number of carbonyl (C=O) groups is 2. The maximum atomic E-state index is 12.3. The molecule has 118 valence electrons. The molecule has 0 unspecified atom stereocenters. The van der Waals surface area contributed by atoms with E-state index in [-0.39, 0.29) is 23.5 Å². The van der Waals surface area contributed by atoms with Gasteiger partial charge in [0.2, 0.25) is 5.91 Å². The highest BCUT2D eigenvalue weighted by Crippen LogP contribution is 2.21. The molecule has 0 aliphatic carbocycles. The Hall–Kier alpha value is -2.41. The van der Waals surface area contributed by atoms with Crippen molar-refractivity contribution in [2.24, 2.45) is 0 Å². The molecule has 0 fully saturated rings. The normalized spacial score (nSPS) is 11.9. The second kappa shape index (κ2) is 5.76. The SMILES string of the molecule is CC(C)NC(C)(C)C(=O)Nc1nc2cc(C(=O)O)ccc2o1. The first-order valence-corrected chi connectivity index (χ1v) is 6.92. The van der Waals surface area contributed by atoms with E-state index < -0.39 is 11.5 Å². The largest absolute Gasteiger partial charge is 0.478 e. The van der Waals surface area contributed by atoms with Gasteiger partial charge in [-0.05, 0) is 45.9 Å². The molecule has 0 aliphatic rings. The third kappa shape index (κ3) is 3.43. The fraction of sp³-hybridized carbons (Fsp3) is 0.400. The van der Waals surface area contributed by atoms with Gasteiger partial charge >= 0.3 is 12.0 Å². The zero-order valence-corrected chi connectivity index (χ0v) is 12.9. The monoisotopic (exact) mass is 305 g/mol. The highest BCUT2D eigenvalue weighted by Gasteiger charge is 2.29. The number of rotatable bonds is 5. The molecule has 3 N–H and O–H groups in total. The van der Waals surface area contributed by atoms with Crippen LogP contribution in [0.1, 0.15) is 38.1 Å². The number of nitrogens with one attached hydrogen (secondary N) is 2. The van der Waals surface area contributed by atoms with Crippen molar-refractivity contribution in [3.63, 3.8) is 0 Å². The number of carboxylic acid groups (broad SMARTS) is 1. The van der Waals surface area contributed by atoms with Gasteiger partial charge in [-0.15, -0.1) is 0 Å². The highest BCUT2D eigenvalue weighted by molar-refractivity contribution is 5.97. The van der Waals surface area contributed by atoms with Gasteiger partial charge in [0.15, 0.2) is 5.58 Å². The summed E-state index contributed by atoms with van der Waals surface area (Å²) in [4.78, 5) is 27.3. The predicted octanol–water partition coefficient (Wildman–Crippen LogP) is 2.24. The molecule has 0 saturated carbocycles. The van der Waals surface area contributed by atoms with Crippen molar-refractivity contribution in [3.8, 4) is 0 Å². The van der Waals surface area contributed by atoms with Crippen LogP contribution in [0.15, 0.2) is 22.6 Å². The Morgan fingerprint density at radius 1 is 1.32 bits per heavy atom. The lowest BCUT2D eigenvalue weighted by Crippen LogP contribution is -2.52. The number of aromatic carboxylic acids is 1. The number of anilines is 1. The number of aromatic nitrogens is 1. The number of amides is 1. The number of carbonyl (C=O) groups excluding carboxylic acids is 1. The molecule has 0 spiro atoms. The summed E-state index contributed by atoms with van der Waals surface area (Å²) < 4.78 is 5.41. The molecule has 1 aromatic carbocycles. The maximum absolute atomic E-state index is 12.3. The third-order valence-corrected chi connectivity index (χ3v) is 3.07. The lowest BCUT2D eigenvalue weighted by atomic mass is 10.0. The maximum Gasteiger partial charge on any atom is 0.335 e. The average molecular weight is 305 g/mol. The van der Waals surface area contributed by atoms with E-state index in [4.69, 9.17) is 9.52 Å². The number of hydrogen-bond donors (Lipinski definition) is 3. The van der Waals surface area contributed by atoms with Crippen LogP contribution < -0.4 is 10.6 Å². The summed E-state index contributed by atoms with van der Waals surface area (Å²) in [5, 5.41) is 14.7. The molecule has 1 aromatic heterocycles. The Morgan fingerprint density at radius 3 is 2.59 bits per heavy atom. The summed E-state index contributed by atoms with van der Waals surface area (Å²) in [5.74, 6) is -1.33. The van der Waals surface area contributed by atoms with Crippen LogP contribution >= 0.6 is 0 Å². The summed E-state index contributed by atoms with van der Waals surface area (Å²) in [6.07, 6.45) is 0. The van der Waals surface area contributed by atoms with Crippen molar-refractivity contribution in [2.45, 2.75) is 39.3 Å². The second-order valence-corrected chi connectivity index (χ2v) is 5.88. The molecule has 0 radical (unpaired) electrons. The molecule has 2 rings (SSSR count). The molecule has 1 amide bonds. The van der Waals surface area contributed by atoms with Gasteiger partial charge in [0.25, 0.3) is 0 Å². The predicted molar refractivity (Wildman–Crippen MR) is 81.9 cm³/mol. The van der Waals surface area contributed by atoms with Gasteiger partial charge in [0.1, 0.15) is 5.52 Å². The Balaban J connectivity index is 2.21. The first-order chi connectivity index (χ1) is 10.2. The molecule has 0 atom stereocenters. The second-order valence-electron chi connectivity index (χ2n) is 5.88. The van der Waals surface area contributed by atoms with E-state index in [2.05, 4.69) is 15.6 Å². The van der Waals surface area contributed by atoms with Gasteiger partial charge in [-0.3, -0.25) is 10.1 Å². The van der Waals surface area contributed by atoms with Crippen LogP contribution in [0, 0.1) is 0 Å². The number of carboxylic acids is 1. The van der Waals surface area contributed by atoms with Crippen LogP contribution in [-0.4, -0.2) is 33.5 Å². The van der Waals surface area contributed by atoms with E-state index in [0.29, 0.717) is 11.1 Å². The van der Waals surface area contributed by atoms with Gasteiger partial charge in [-0.1, -0.05) is 0 Å². The molecular formula is C15H19N3O4. The molecule has 7 heteroatoms. The Labute approximate surface area is 127 Å². The molecule has 0 aliphatic heterocycles. The van der Waals surface area contributed by atoms with E-state index in [9.17, 15) is 9.59 Å². The number of benzene rings is 1. The van der Waals surface area contributed by atoms with Crippen LogP contribution in [0.4, 0.5) is 6.01 Å². The van der Waals surface area contributed by atoms with Crippen LogP contribution in [0.2, 0.25) is 0 Å². The number of nitrogens with zero attached hydrogens (tertiary/aromatic N) is 1. The van der Waals surface area contributed by atoms with Crippen molar-refractivity contribution in [1.82, 2.24) is 10.3 Å². The van der Waals surface area contributed by atoms with E-state index in [1.54, 1.807) is 13.8 Å². The zero-order valence-electron chi connectivity index (χ0n) is 12.9. The Bertz CT molecular complexity index is 719. The zero-order chi connectivity index (χ0) is 16.5. The van der Waals surface area contributed by atoms with Crippen molar-refractivity contribution < 1.29 is 19.1 Å². The van der Waals surface area contributed by atoms with Gasteiger partial charge in [0.05, 0.1) is 11.1 Å². The molecule has 22 heavy (non-hydrogen) atoms. The van der Waals surface area contributed by atoms with Crippen molar-refractivity contribution >= 4 is 29.0 Å². The highest BCUT2D eigenvalue weighted by atomic mass is 16.4. The van der Waals surface area contributed by atoms with Crippen LogP contribution in [0.25, 0.3) is 11.1 Å². The van der Waals surface area contributed by atoms with Crippen LogP contribution in [-0.2, 0) is 4.79 Å². The molecule has 2 aromatic rings. The lowest BCUT2D eigenvalue weighted by molar-refractivity contribution is -0.121. The summed E-state index contributed by atoms with van der Waals surface area (Å²) in [6.45, 7) is 7.41. The van der Waals surface area contributed by atoms with Crippen LogP contribution in [0.3, 0.4) is 0 Å². The lowest BCUT2D eigenvalue weighted by Gasteiger charge is -2.26. The first-order valence-electron chi connectivity index (χ1n) is 6.92. The third-order valence-electron chi connectivity index (χ3n) is 3.07. The number of hydrogen-bond acceptors (Lipinski definition) is 5. The summed E-state index contributed by atoms with van der Waals surface area (Å²) in [7, 11) is 0. The van der Waals surface area contributed by atoms with Crippen molar-refractivity contribution in [1.29, 1.82) is 0 Å². The minimum atomic E-state index is -1.04. The van der Waals surface area contributed by atoms with E-state index in [1.165, 1.54) is 18.2 Å². The minimum absolute atomic E-state index is 0.0427. The van der Waals surface area contributed by atoms with E-state index >= 15 is 0 Å². The van der Waals surface area contributed by atoms with Crippen molar-refractivity contribution in [3.05, 3.63) is 23.8 Å². The fourth-order valence-corrected chi connectivity index (χ4v) is 2.15. The molecule has 0 bridgehead atoms. The minimum Gasteiger partial charge on any atom is -0.478 e. The summed E-state index contributed by atoms with van der Waals surface area (Å²) in [5.41, 5.74) is 0.112. The standard InChI is InChI=1S/C15H19N3O4/c1-8(2)18-15(3,4)13(21)17-14-16-10-7-9(12(19)20)5-6-11(10)22-14/h5-8,18H,1-4H3,(H,19,20)(H,16,17,21). The average Bonchev–Trinajstić information content (AvgIpc) is 2.77. The summed E-state index contributed by atoms with van der Waals surface area (Å²) in [6, 6.07) is 4.52. The van der Waals surface area contributed by atoms with Gasteiger partial charge < -0.3 is 14.8 Å². The van der Waals surface area contributed by atoms with Crippen molar-refractivity contribution in [2.75, 3.05) is 5.32 Å². The first kappa shape index (κ1) is 16.0. The van der Waals surface area contributed by atoms with Gasteiger partial charge in [-0.25, -0.2) is 4.79 Å². The van der Waals surface area contributed by atoms with Crippen LogP contribution in [0.5, 0.6) is 0 Å². The summed E-state index contributed by atoms with van der Waals surface area (Å²) >= 11 is 0. The van der Waals surface area contributed by atoms with Gasteiger partial charge in [0, 0.05) is 6.04 Å². The van der Waals surface area contributed by atoms with Gasteiger partial charge in [-0.2, -0.15) is 4.98 Å². The van der Waals surface area contributed by atoms with E-state index in [0.717, 1.165) is 0 Å². The molecular weight excluding hydrogens is 286 g/mol. The molecule has 1 heterocycles. The van der Waals surface area contributed by atoms with E-state index in [1.807, 2.05) is 13.8 Å². The fourth-order valence-electron chi connectivity index (χ4n) is 2.15. The topological polar surface area (TPSA) is 104 Å². The Kier molecular flexibility index (Phi) is 4.18. The quantitative estimate of drug-likeness (QED) is 0.782. The Morgan fingerprint density at radius 2 is 2.00 bits per heavy atom. The number of oxazole rings is 1. The smallest absolute Gasteiger partial charge is 0.335 e. The molecule has 7 nitrogen and oxygen atoms in total. The number of fused-ring (bicyclic) bond motifs is 1.